The van der Waals surface area contributed by atoms with Crippen LogP contribution in [-0.4, -0.2) is 16.3 Å². The Balaban J connectivity index is 1.95. The normalized spacial score (nSPS) is 21.5. The molecule has 3 nitrogen and oxygen atoms in total. The lowest BCUT2D eigenvalue weighted by Gasteiger charge is -2.25. The summed E-state index contributed by atoms with van der Waals surface area (Å²) >= 11 is 0. The molecule has 0 saturated heterocycles. The molecule has 0 radical (unpaired) electrons. The molecule has 94 valence electrons. The van der Waals surface area contributed by atoms with Crippen molar-refractivity contribution in [1.82, 2.24) is 15.1 Å². The van der Waals surface area contributed by atoms with Crippen LogP contribution in [0.3, 0.4) is 0 Å². The number of hydrogen-bond donors (Lipinski definition) is 1. The van der Waals surface area contributed by atoms with E-state index in [-0.39, 0.29) is 0 Å². The van der Waals surface area contributed by atoms with E-state index in [9.17, 15) is 0 Å². The number of aryl methyl sites for hydroxylation is 1. The minimum atomic E-state index is 0.691. The standard InChI is InChI=1S/C14H23N3/c1-2-13-12-10-15-9-8-14(12)17(16-13)11-6-4-3-5-7-11/h11,15H,2-10H2,1H3. The Morgan fingerprint density at radius 2 is 2.12 bits per heavy atom. The van der Waals surface area contributed by atoms with Crippen molar-refractivity contribution in [2.75, 3.05) is 6.54 Å². The molecule has 0 unspecified atom stereocenters. The number of nitrogens with zero attached hydrogens (tertiary/aromatic N) is 2. The van der Waals surface area contributed by atoms with Gasteiger partial charge in [-0.05, 0) is 19.3 Å². The third-order valence-corrected chi connectivity index (χ3v) is 4.30. The first-order valence-electron chi connectivity index (χ1n) is 7.20. The van der Waals surface area contributed by atoms with Crippen molar-refractivity contribution in [2.24, 2.45) is 0 Å². The molecule has 1 aromatic rings. The molecule has 1 aliphatic heterocycles. The highest BCUT2D eigenvalue weighted by atomic mass is 15.3. The van der Waals surface area contributed by atoms with Gasteiger partial charge in [-0.2, -0.15) is 5.10 Å². The van der Waals surface area contributed by atoms with E-state index in [2.05, 4.69) is 16.9 Å². The zero-order valence-corrected chi connectivity index (χ0v) is 10.8. The van der Waals surface area contributed by atoms with Crippen LogP contribution < -0.4 is 5.32 Å². The average Bonchev–Trinajstić information content (AvgIpc) is 2.78. The first kappa shape index (κ1) is 11.3. The van der Waals surface area contributed by atoms with Crippen LogP contribution in [0, 0.1) is 0 Å². The molecular weight excluding hydrogens is 210 g/mol. The zero-order chi connectivity index (χ0) is 11.7. The van der Waals surface area contributed by atoms with E-state index >= 15 is 0 Å². The largest absolute Gasteiger partial charge is 0.312 e. The van der Waals surface area contributed by atoms with Crippen molar-refractivity contribution < 1.29 is 0 Å². The second kappa shape index (κ2) is 4.81. The summed E-state index contributed by atoms with van der Waals surface area (Å²) < 4.78 is 2.40. The van der Waals surface area contributed by atoms with Gasteiger partial charge in [-0.1, -0.05) is 26.2 Å². The number of aromatic nitrogens is 2. The fourth-order valence-corrected chi connectivity index (χ4v) is 3.36. The van der Waals surface area contributed by atoms with E-state index in [1.165, 1.54) is 55.5 Å². The molecule has 3 heteroatoms. The van der Waals surface area contributed by atoms with Gasteiger partial charge in [-0.15, -0.1) is 0 Å². The Bertz CT molecular complexity index is 388. The molecule has 1 fully saturated rings. The number of hydrogen-bond acceptors (Lipinski definition) is 2. The molecule has 3 rings (SSSR count). The fourth-order valence-electron chi connectivity index (χ4n) is 3.36. The van der Waals surface area contributed by atoms with Gasteiger partial charge in [0.2, 0.25) is 0 Å². The lowest BCUT2D eigenvalue weighted by Crippen LogP contribution is -2.26. The smallest absolute Gasteiger partial charge is 0.0669 e. The second-order valence-corrected chi connectivity index (χ2v) is 5.39. The van der Waals surface area contributed by atoms with Crippen LogP contribution in [0.5, 0.6) is 0 Å². The van der Waals surface area contributed by atoms with Crippen LogP contribution in [0.2, 0.25) is 0 Å². The second-order valence-electron chi connectivity index (χ2n) is 5.39. The Labute approximate surface area is 104 Å². The van der Waals surface area contributed by atoms with Crippen LogP contribution >= 0.6 is 0 Å². The van der Waals surface area contributed by atoms with Gasteiger partial charge >= 0.3 is 0 Å². The summed E-state index contributed by atoms with van der Waals surface area (Å²) in [5.41, 5.74) is 4.37. The van der Waals surface area contributed by atoms with Crippen LogP contribution in [0.4, 0.5) is 0 Å². The van der Waals surface area contributed by atoms with Gasteiger partial charge in [-0.25, -0.2) is 0 Å². The summed E-state index contributed by atoms with van der Waals surface area (Å²) in [6.45, 7) is 4.38. The monoisotopic (exact) mass is 233 g/mol. The third-order valence-electron chi connectivity index (χ3n) is 4.30. The average molecular weight is 233 g/mol. The van der Waals surface area contributed by atoms with E-state index < -0.39 is 0 Å². The van der Waals surface area contributed by atoms with E-state index in [1.807, 2.05) is 0 Å². The molecule has 2 aliphatic rings. The highest BCUT2D eigenvalue weighted by Gasteiger charge is 2.24. The maximum atomic E-state index is 4.91. The highest BCUT2D eigenvalue weighted by Crippen LogP contribution is 2.31. The molecule has 1 N–H and O–H groups in total. The lowest BCUT2D eigenvalue weighted by atomic mass is 9.95. The highest BCUT2D eigenvalue weighted by molar-refractivity contribution is 5.29. The van der Waals surface area contributed by atoms with E-state index in [0.717, 1.165) is 19.5 Å². The predicted molar refractivity (Wildman–Crippen MR) is 69.1 cm³/mol. The Kier molecular flexibility index (Phi) is 3.19. The molecular formula is C14H23N3. The van der Waals surface area contributed by atoms with Gasteiger partial charge in [0.15, 0.2) is 0 Å². The maximum absolute atomic E-state index is 4.91. The fraction of sp³-hybridized carbons (Fsp3) is 0.786. The van der Waals surface area contributed by atoms with Crippen molar-refractivity contribution in [2.45, 2.75) is 64.5 Å². The van der Waals surface area contributed by atoms with Gasteiger partial charge in [0.05, 0.1) is 11.7 Å². The van der Waals surface area contributed by atoms with Crippen LogP contribution in [-0.2, 0) is 19.4 Å². The first-order chi connectivity index (χ1) is 8.40. The van der Waals surface area contributed by atoms with Gasteiger partial charge in [0, 0.05) is 30.8 Å². The zero-order valence-electron chi connectivity index (χ0n) is 10.8. The molecule has 2 heterocycles. The molecule has 0 aromatic carbocycles. The van der Waals surface area contributed by atoms with Gasteiger partial charge in [0.1, 0.15) is 0 Å². The third kappa shape index (κ3) is 2.01. The summed E-state index contributed by atoms with van der Waals surface area (Å²) in [5, 5.41) is 8.39. The number of nitrogens with one attached hydrogen (secondary N) is 1. The van der Waals surface area contributed by atoms with Crippen molar-refractivity contribution >= 4 is 0 Å². The summed E-state index contributed by atoms with van der Waals surface area (Å²) in [7, 11) is 0. The van der Waals surface area contributed by atoms with Crippen LogP contribution in [0.1, 0.15) is 62.0 Å². The van der Waals surface area contributed by atoms with Crippen molar-refractivity contribution in [3.05, 3.63) is 17.0 Å². The minimum Gasteiger partial charge on any atom is -0.312 e. The van der Waals surface area contributed by atoms with Crippen molar-refractivity contribution in [3.8, 4) is 0 Å². The summed E-state index contributed by atoms with van der Waals surface area (Å²) in [5.74, 6) is 0. The molecule has 0 atom stereocenters. The topological polar surface area (TPSA) is 29.9 Å². The predicted octanol–water partition coefficient (Wildman–Crippen LogP) is 2.60. The Morgan fingerprint density at radius 1 is 1.29 bits per heavy atom. The molecule has 0 spiro atoms. The summed E-state index contributed by atoms with van der Waals surface area (Å²) in [4.78, 5) is 0. The number of rotatable bonds is 2. The molecule has 0 amide bonds. The molecule has 17 heavy (non-hydrogen) atoms. The van der Waals surface area contributed by atoms with E-state index in [4.69, 9.17) is 5.10 Å². The lowest BCUT2D eigenvalue weighted by molar-refractivity contribution is 0.319. The van der Waals surface area contributed by atoms with Gasteiger partial charge in [-0.3, -0.25) is 4.68 Å². The summed E-state index contributed by atoms with van der Waals surface area (Å²) in [6, 6.07) is 0.691. The first-order valence-corrected chi connectivity index (χ1v) is 7.20. The Morgan fingerprint density at radius 3 is 2.88 bits per heavy atom. The van der Waals surface area contributed by atoms with Gasteiger partial charge < -0.3 is 5.32 Å². The van der Waals surface area contributed by atoms with E-state index in [0.29, 0.717) is 6.04 Å². The number of fused-ring (bicyclic) bond motifs is 1. The molecule has 0 bridgehead atoms. The molecule has 1 aliphatic carbocycles. The molecule has 1 saturated carbocycles. The van der Waals surface area contributed by atoms with Crippen molar-refractivity contribution in [1.29, 1.82) is 0 Å². The van der Waals surface area contributed by atoms with Crippen LogP contribution in [0.15, 0.2) is 0 Å². The summed E-state index contributed by atoms with van der Waals surface area (Å²) in [6.07, 6.45) is 9.11. The molecule has 1 aromatic heterocycles. The Hall–Kier alpha value is -0.830. The SMILES string of the molecule is CCc1nn(C2CCCCC2)c2c1CNCC2. The minimum absolute atomic E-state index is 0.691. The van der Waals surface area contributed by atoms with Crippen molar-refractivity contribution in [3.63, 3.8) is 0 Å². The maximum Gasteiger partial charge on any atom is 0.0669 e. The van der Waals surface area contributed by atoms with Gasteiger partial charge in [0.25, 0.3) is 0 Å². The van der Waals surface area contributed by atoms with E-state index in [1.54, 1.807) is 0 Å². The van der Waals surface area contributed by atoms with Crippen LogP contribution in [0.25, 0.3) is 0 Å². The quantitative estimate of drug-likeness (QED) is 0.851.